The molecule has 2 atom stereocenters. The van der Waals surface area contributed by atoms with E-state index in [4.69, 9.17) is 5.73 Å². The Morgan fingerprint density at radius 2 is 1.73 bits per heavy atom. The molecular formula is C21H29N3O2. The summed E-state index contributed by atoms with van der Waals surface area (Å²) in [6.45, 7) is 3.55. The molecule has 0 fully saturated rings. The third kappa shape index (κ3) is 5.95. The number of nitrogens with one attached hydrogen (secondary N) is 1. The highest BCUT2D eigenvalue weighted by Gasteiger charge is 2.17. The van der Waals surface area contributed by atoms with Gasteiger partial charge in [-0.15, -0.1) is 0 Å². The zero-order valence-corrected chi connectivity index (χ0v) is 15.6. The van der Waals surface area contributed by atoms with Gasteiger partial charge in [0.1, 0.15) is 6.04 Å². The van der Waals surface area contributed by atoms with E-state index in [1.165, 1.54) is 11.1 Å². The normalized spacial score (nSPS) is 13.4. The Hall–Kier alpha value is -2.21. The number of hydrogen-bond donors (Lipinski definition) is 3. The molecular weight excluding hydrogens is 326 g/mol. The highest BCUT2D eigenvalue weighted by atomic mass is 16.3. The molecule has 140 valence electrons. The van der Waals surface area contributed by atoms with Gasteiger partial charge in [-0.05, 0) is 30.2 Å². The number of nitrogens with zero attached hydrogens (tertiary/aromatic N) is 1. The first-order chi connectivity index (χ1) is 12.5. The van der Waals surface area contributed by atoms with E-state index < -0.39 is 12.1 Å². The second kappa shape index (κ2) is 10.1. The van der Waals surface area contributed by atoms with Gasteiger partial charge in [0, 0.05) is 19.6 Å². The van der Waals surface area contributed by atoms with Crippen LogP contribution in [-0.4, -0.2) is 42.2 Å². The number of aliphatic hydroxyl groups excluding tert-OH is 1. The Morgan fingerprint density at radius 3 is 2.38 bits per heavy atom. The number of benzene rings is 2. The van der Waals surface area contributed by atoms with Crippen LogP contribution >= 0.6 is 0 Å². The fourth-order valence-electron chi connectivity index (χ4n) is 2.98. The molecule has 0 bridgehead atoms. The summed E-state index contributed by atoms with van der Waals surface area (Å²) in [7, 11) is 1.97. The second-order valence-electron chi connectivity index (χ2n) is 6.61. The van der Waals surface area contributed by atoms with Gasteiger partial charge in [-0.3, -0.25) is 9.69 Å². The Balaban J connectivity index is 1.79. The Bertz CT molecular complexity index is 691. The van der Waals surface area contributed by atoms with Crippen molar-refractivity contribution in [1.29, 1.82) is 0 Å². The van der Waals surface area contributed by atoms with Crippen molar-refractivity contribution in [3.05, 3.63) is 71.3 Å². The molecule has 5 heteroatoms. The van der Waals surface area contributed by atoms with Gasteiger partial charge in [0.25, 0.3) is 0 Å². The molecule has 0 aliphatic carbocycles. The number of amides is 1. The van der Waals surface area contributed by atoms with Crippen molar-refractivity contribution in [1.82, 2.24) is 10.2 Å². The third-order valence-corrected chi connectivity index (χ3v) is 4.42. The van der Waals surface area contributed by atoms with Gasteiger partial charge in [0.2, 0.25) is 5.91 Å². The summed E-state index contributed by atoms with van der Waals surface area (Å²) in [5.74, 6) is -0.283. The van der Waals surface area contributed by atoms with E-state index in [0.717, 1.165) is 18.5 Å². The summed E-state index contributed by atoms with van der Waals surface area (Å²) in [5, 5.41) is 13.0. The van der Waals surface area contributed by atoms with Crippen LogP contribution in [0.1, 0.15) is 29.7 Å². The topological polar surface area (TPSA) is 78.6 Å². The molecule has 2 rings (SSSR count). The SMILES string of the molecule is CCc1ccccc1CN(C)C[C@@H](O)CNC(=O)[C@@H](N)c1ccccc1. The molecule has 5 nitrogen and oxygen atoms in total. The first-order valence-corrected chi connectivity index (χ1v) is 9.02. The zero-order chi connectivity index (χ0) is 18.9. The zero-order valence-electron chi connectivity index (χ0n) is 15.6. The molecule has 0 spiro atoms. The molecule has 4 N–H and O–H groups in total. The lowest BCUT2D eigenvalue weighted by Crippen LogP contribution is -2.42. The molecule has 1 amide bonds. The Morgan fingerprint density at radius 1 is 1.12 bits per heavy atom. The van der Waals surface area contributed by atoms with Crippen molar-refractivity contribution in [2.75, 3.05) is 20.1 Å². The van der Waals surface area contributed by atoms with E-state index in [1.54, 1.807) is 0 Å². The summed E-state index contributed by atoms with van der Waals surface area (Å²) in [5.41, 5.74) is 9.29. The quantitative estimate of drug-likeness (QED) is 0.641. The molecule has 0 aliphatic heterocycles. The van der Waals surface area contributed by atoms with Crippen LogP contribution in [0.15, 0.2) is 54.6 Å². The summed E-state index contributed by atoms with van der Waals surface area (Å²) in [4.78, 5) is 14.2. The first-order valence-electron chi connectivity index (χ1n) is 9.02. The minimum Gasteiger partial charge on any atom is -0.390 e. The van der Waals surface area contributed by atoms with E-state index in [9.17, 15) is 9.90 Å². The van der Waals surface area contributed by atoms with E-state index in [-0.39, 0.29) is 12.5 Å². The number of aliphatic hydroxyl groups is 1. The predicted molar refractivity (Wildman–Crippen MR) is 105 cm³/mol. The lowest BCUT2D eigenvalue weighted by Gasteiger charge is -2.22. The number of carbonyl (C=O) groups is 1. The van der Waals surface area contributed by atoms with Gasteiger partial charge in [-0.1, -0.05) is 61.5 Å². The maximum atomic E-state index is 12.1. The first kappa shape index (κ1) is 20.1. The number of aryl methyl sites for hydroxylation is 1. The van der Waals surface area contributed by atoms with Gasteiger partial charge in [-0.2, -0.15) is 0 Å². The lowest BCUT2D eigenvalue weighted by molar-refractivity contribution is -0.123. The molecule has 0 saturated heterocycles. The van der Waals surface area contributed by atoms with Crippen molar-refractivity contribution in [2.45, 2.75) is 32.0 Å². The Labute approximate surface area is 155 Å². The summed E-state index contributed by atoms with van der Waals surface area (Å²) >= 11 is 0. The highest BCUT2D eigenvalue weighted by molar-refractivity contribution is 5.82. The van der Waals surface area contributed by atoms with E-state index in [2.05, 4.69) is 29.3 Å². The van der Waals surface area contributed by atoms with Gasteiger partial charge < -0.3 is 16.2 Å². The average Bonchev–Trinajstić information content (AvgIpc) is 2.66. The number of nitrogens with two attached hydrogens (primary N) is 1. The minimum absolute atomic E-state index is 0.180. The molecule has 0 aromatic heterocycles. The van der Waals surface area contributed by atoms with Crippen LogP contribution in [0.3, 0.4) is 0 Å². The lowest BCUT2D eigenvalue weighted by atomic mass is 10.0. The largest absolute Gasteiger partial charge is 0.390 e. The number of rotatable bonds is 9. The summed E-state index contributed by atoms with van der Waals surface area (Å²) in [6.07, 6.45) is 0.334. The van der Waals surface area contributed by atoms with E-state index in [1.807, 2.05) is 49.5 Å². The van der Waals surface area contributed by atoms with Crippen LogP contribution in [0.2, 0.25) is 0 Å². The fraction of sp³-hybridized carbons (Fsp3) is 0.381. The van der Waals surface area contributed by atoms with Crippen molar-refractivity contribution in [3.8, 4) is 0 Å². The average molecular weight is 355 g/mol. The monoisotopic (exact) mass is 355 g/mol. The maximum absolute atomic E-state index is 12.1. The maximum Gasteiger partial charge on any atom is 0.241 e. The molecule has 26 heavy (non-hydrogen) atoms. The van der Waals surface area contributed by atoms with Crippen LogP contribution in [0.5, 0.6) is 0 Å². The van der Waals surface area contributed by atoms with Gasteiger partial charge >= 0.3 is 0 Å². The molecule has 2 aromatic carbocycles. The minimum atomic E-state index is -0.724. The van der Waals surface area contributed by atoms with E-state index in [0.29, 0.717) is 6.54 Å². The molecule has 0 unspecified atom stereocenters. The van der Waals surface area contributed by atoms with Crippen LogP contribution in [-0.2, 0) is 17.8 Å². The molecule has 2 aromatic rings. The number of carbonyl (C=O) groups excluding carboxylic acids is 1. The van der Waals surface area contributed by atoms with Crippen molar-refractivity contribution >= 4 is 5.91 Å². The van der Waals surface area contributed by atoms with Crippen LogP contribution in [0, 0.1) is 0 Å². The van der Waals surface area contributed by atoms with Gasteiger partial charge in [0.05, 0.1) is 6.10 Å². The Kier molecular flexibility index (Phi) is 7.78. The van der Waals surface area contributed by atoms with Crippen molar-refractivity contribution in [2.24, 2.45) is 5.73 Å². The van der Waals surface area contributed by atoms with Crippen molar-refractivity contribution in [3.63, 3.8) is 0 Å². The molecule has 0 radical (unpaired) electrons. The molecule has 0 aliphatic rings. The number of hydrogen-bond acceptors (Lipinski definition) is 4. The summed E-state index contributed by atoms with van der Waals surface area (Å²) < 4.78 is 0. The predicted octanol–water partition coefficient (Wildman–Crippen LogP) is 1.86. The summed E-state index contributed by atoms with van der Waals surface area (Å²) in [6, 6.07) is 16.8. The van der Waals surface area contributed by atoms with Crippen LogP contribution in [0.25, 0.3) is 0 Å². The highest BCUT2D eigenvalue weighted by Crippen LogP contribution is 2.12. The molecule has 0 heterocycles. The van der Waals surface area contributed by atoms with Crippen LogP contribution in [0.4, 0.5) is 0 Å². The fourth-order valence-corrected chi connectivity index (χ4v) is 2.98. The van der Waals surface area contributed by atoms with Gasteiger partial charge in [0.15, 0.2) is 0 Å². The number of likely N-dealkylation sites (N-methyl/N-ethyl adjacent to an activating group) is 1. The second-order valence-corrected chi connectivity index (χ2v) is 6.61. The van der Waals surface area contributed by atoms with Gasteiger partial charge in [-0.25, -0.2) is 0 Å². The smallest absolute Gasteiger partial charge is 0.241 e. The van der Waals surface area contributed by atoms with Crippen LogP contribution < -0.4 is 11.1 Å². The van der Waals surface area contributed by atoms with Crippen molar-refractivity contribution < 1.29 is 9.90 Å². The third-order valence-electron chi connectivity index (χ3n) is 4.42. The van der Waals surface area contributed by atoms with E-state index >= 15 is 0 Å². The molecule has 0 saturated carbocycles. The standard InChI is InChI=1S/C21H29N3O2/c1-3-16-9-7-8-12-18(16)14-24(2)15-19(25)13-23-21(26)20(22)17-10-5-4-6-11-17/h4-12,19-20,25H,3,13-15,22H2,1-2H3,(H,23,26)/t19-,20-/m0/s1.